The van der Waals surface area contributed by atoms with Gasteiger partial charge >= 0.3 is 0 Å². The van der Waals surface area contributed by atoms with Gasteiger partial charge in [0.05, 0.1) is 19.3 Å². The van der Waals surface area contributed by atoms with E-state index >= 15 is 0 Å². The molecule has 0 aliphatic carbocycles. The van der Waals surface area contributed by atoms with Crippen LogP contribution in [0.15, 0.2) is 0 Å². The van der Waals surface area contributed by atoms with Gasteiger partial charge in [-0.25, -0.2) is 10.4 Å². The molecule has 2 fully saturated rings. The molecule has 2 aliphatic rings. The first kappa shape index (κ1) is 12.3. The zero-order valence-electron chi connectivity index (χ0n) is 10.5. The van der Waals surface area contributed by atoms with Gasteiger partial charge in [0, 0.05) is 26.2 Å². The van der Waals surface area contributed by atoms with Gasteiger partial charge in [0.25, 0.3) is 0 Å². The monoisotopic (exact) mass is 229 g/mol. The van der Waals surface area contributed by atoms with Gasteiger partial charge < -0.3 is 14.4 Å². The molecular weight excluding hydrogens is 206 g/mol. The molecule has 0 aromatic rings. The number of piperazine rings is 1. The van der Waals surface area contributed by atoms with Gasteiger partial charge in [0.15, 0.2) is 5.79 Å². The fourth-order valence-corrected chi connectivity index (χ4v) is 1.96. The van der Waals surface area contributed by atoms with Crippen LogP contribution in [-0.2, 0) is 9.47 Å². The topological polar surface area (TPSA) is 37.0 Å². The van der Waals surface area contributed by atoms with Gasteiger partial charge in [0.2, 0.25) is 0 Å². The first-order valence-corrected chi connectivity index (χ1v) is 6.03. The third-order valence-electron chi connectivity index (χ3n) is 3.13. The minimum absolute atomic E-state index is 0.288. The van der Waals surface area contributed by atoms with Crippen LogP contribution in [0.5, 0.6) is 0 Å². The van der Waals surface area contributed by atoms with E-state index in [9.17, 15) is 0 Å². The molecule has 1 N–H and O–H groups in total. The Morgan fingerprint density at radius 2 is 1.62 bits per heavy atom. The first-order chi connectivity index (χ1) is 7.55. The molecule has 0 spiro atoms. The number of nitrogens with one attached hydrogen (secondary N) is 1. The minimum Gasteiger partial charge on any atom is -0.349 e. The lowest BCUT2D eigenvalue weighted by atomic mass is 10.2. The lowest BCUT2D eigenvalue weighted by Gasteiger charge is -2.39. The van der Waals surface area contributed by atoms with Crippen LogP contribution in [0.25, 0.3) is 0 Å². The number of hydrogen-bond acceptors (Lipinski definition) is 5. The summed E-state index contributed by atoms with van der Waals surface area (Å²) in [5, 5.41) is 2.27. The number of hydrazine groups is 1. The molecule has 0 atom stereocenters. The van der Waals surface area contributed by atoms with Crippen molar-refractivity contribution in [2.24, 2.45) is 0 Å². The third-order valence-corrected chi connectivity index (χ3v) is 3.13. The molecule has 0 saturated carbocycles. The average molecular weight is 229 g/mol. The Hall–Kier alpha value is -0.200. The van der Waals surface area contributed by atoms with Crippen molar-refractivity contribution < 1.29 is 9.47 Å². The molecule has 0 amide bonds. The van der Waals surface area contributed by atoms with E-state index in [1.165, 1.54) is 0 Å². The van der Waals surface area contributed by atoms with Crippen LogP contribution in [-0.4, -0.2) is 68.2 Å². The van der Waals surface area contributed by atoms with Crippen molar-refractivity contribution in [3.63, 3.8) is 0 Å². The van der Waals surface area contributed by atoms with Gasteiger partial charge in [0.1, 0.15) is 0 Å². The van der Waals surface area contributed by atoms with Crippen LogP contribution >= 0.6 is 0 Å². The molecule has 2 rings (SSSR count). The van der Waals surface area contributed by atoms with Crippen molar-refractivity contribution in [1.29, 1.82) is 0 Å². The zero-order valence-corrected chi connectivity index (χ0v) is 10.5. The highest BCUT2D eigenvalue weighted by molar-refractivity contribution is 4.74. The summed E-state index contributed by atoms with van der Waals surface area (Å²) in [6.45, 7) is 9.73. The highest BCUT2D eigenvalue weighted by atomic mass is 16.7. The summed E-state index contributed by atoms with van der Waals surface area (Å²) in [5.41, 5.74) is 3.47. The Morgan fingerprint density at radius 3 is 2.19 bits per heavy atom. The Kier molecular flexibility index (Phi) is 3.81. The molecule has 0 bridgehead atoms. The van der Waals surface area contributed by atoms with Crippen molar-refractivity contribution >= 4 is 0 Å². The van der Waals surface area contributed by atoms with Crippen LogP contribution in [0.1, 0.15) is 13.8 Å². The van der Waals surface area contributed by atoms with E-state index in [0.29, 0.717) is 0 Å². The second-order valence-corrected chi connectivity index (χ2v) is 5.14. The van der Waals surface area contributed by atoms with Crippen LogP contribution in [0, 0.1) is 0 Å². The summed E-state index contributed by atoms with van der Waals surface area (Å²) < 4.78 is 11.2. The third kappa shape index (κ3) is 3.40. The van der Waals surface area contributed by atoms with Crippen molar-refractivity contribution in [3.05, 3.63) is 0 Å². The molecule has 0 radical (unpaired) electrons. The van der Waals surface area contributed by atoms with Crippen LogP contribution < -0.4 is 5.43 Å². The molecule has 0 aromatic heterocycles. The molecule has 2 heterocycles. The molecule has 2 aliphatic heterocycles. The predicted octanol–water partition coefficient (Wildman–Crippen LogP) is -0.110. The normalized spacial score (nSPS) is 29.4. The molecule has 5 heteroatoms. The molecule has 16 heavy (non-hydrogen) atoms. The second kappa shape index (κ2) is 4.98. The molecule has 5 nitrogen and oxygen atoms in total. The summed E-state index contributed by atoms with van der Waals surface area (Å²) in [6, 6.07) is 0.288. The second-order valence-electron chi connectivity index (χ2n) is 5.14. The van der Waals surface area contributed by atoms with E-state index in [1.54, 1.807) is 0 Å². The highest BCUT2D eigenvalue weighted by Crippen LogP contribution is 2.17. The Balaban J connectivity index is 1.71. The summed E-state index contributed by atoms with van der Waals surface area (Å²) in [5.74, 6) is -0.416. The molecular formula is C11H23N3O2. The van der Waals surface area contributed by atoms with Crippen molar-refractivity contribution in [1.82, 2.24) is 15.3 Å². The molecule has 2 saturated heterocycles. The summed E-state index contributed by atoms with van der Waals surface area (Å²) in [6.07, 6.45) is 0. The highest BCUT2D eigenvalue weighted by Gasteiger charge is 2.29. The van der Waals surface area contributed by atoms with Gasteiger partial charge in [-0.2, -0.15) is 0 Å². The Morgan fingerprint density at radius 1 is 1.06 bits per heavy atom. The van der Waals surface area contributed by atoms with E-state index in [2.05, 4.69) is 22.4 Å². The summed E-state index contributed by atoms with van der Waals surface area (Å²) in [4.78, 5) is 2.34. The lowest BCUT2D eigenvalue weighted by Crippen LogP contribution is -2.58. The maximum atomic E-state index is 5.62. The van der Waals surface area contributed by atoms with Crippen molar-refractivity contribution in [2.75, 3.05) is 46.4 Å². The Labute approximate surface area is 97.6 Å². The lowest BCUT2D eigenvalue weighted by molar-refractivity contribution is -0.257. The predicted molar refractivity (Wildman–Crippen MR) is 62.0 cm³/mol. The van der Waals surface area contributed by atoms with Gasteiger partial charge in [-0.15, -0.1) is 0 Å². The van der Waals surface area contributed by atoms with E-state index in [4.69, 9.17) is 9.47 Å². The fourth-order valence-electron chi connectivity index (χ4n) is 1.96. The van der Waals surface area contributed by atoms with Gasteiger partial charge in [-0.05, 0) is 20.9 Å². The van der Waals surface area contributed by atoms with Gasteiger partial charge in [-0.3, -0.25) is 0 Å². The number of ether oxygens (including phenoxy) is 2. The molecule has 94 valence electrons. The standard InChI is InChI=1S/C11H23N3O2/c1-11(2)15-8-10(9-16-11)12-14-6-4-13(3)5-7-14/h10,12H,4-9H2,1-3H3. The van der Waals surface area contributed by atoms with Crippen LogP contribution in [0.2, 0.25) is 0 Å². The number of nitrogens with zero attached hydrogens (tertiary/aromatic N) is 2. The van der Waals surface area contributed by atoms with E-state index < -0.39 is 5.79 Å². The quantitative estimate of drug-likeness (QED) is 0.715. The smallest absolute Gasteiger partial charge is 0.162 e. The maximum absolute atomic E-state index is 5.62. The van der Waals surface area contributed by atoms with Crippen molar-refractivity contribution in [2.45, 2.75) is 25.7 Å². The summed E-state index contributed by atoms with van der Waals surface area (Å²) in [7, 11) is 2.16. The molecule has 0 aromatic carbocycles. The van der Waals surface area contributed by atoms with Crippen LogP contribution in [0.3, 0.4) is 0 Å². The maximum Gasteiger partial charge on any atom is 0.162 e. The Bertz CT molecular complexity index is 217. The van der Waals surface area contributed by atoms with Crippen LogP contribution in [0.4, 0.5) is 0 Å². The van der Waals surface area contributed by atoms with Gasteiger partial charge in [-0.1, -0.05) is 0 Å². The largest absolute Gasteiger partial charge is 0.349 e. The van der Waals surface area contributed by atoms with E-state index in [0.717, 1.165) is 39.4 Å². The summed E-state index contributed by atoms with van der Waals surface area (Å²) >= 11 is 0. The zero-order chi connectivity index (χ0) is 11.6. The number of rotatable bonds is 2. The molecule has 0 unspecified atom stereocenters. The number of likely N-dealkylation sites (N-methyl/N-ethyl adjacent to an activating group) is 1. The fraction of sp³-hybridized carbons (Fsp3) is 1.00. The van der Waals surface area contributed by atoms with E-state index in [-0.39, 0.29) is 6.04 Å². The SMILES string of the molecule is CN1CCN(NC2COC(C)(C)OC2)CC1. The van der Waals surface area contributed by atoms with E-state index in [1.807, 2.05) is 13.8 Å². The first-order valence-electron chi connectivity index (χ1n) is 6.03. The minimum atomic E-state index is -0.416. The average Bonchev–Trinajstić information content (AvgIpc) is 2.24. The van der Waals surface area contributed by atoms with Crippen molar-refractivity contribution in [3.8, 4) is 0 Å². The number of hydrogen-bond donors (Lipinski definition) is 1.